The number of hydrogen-bond acceptors (Lipinski definition) is 3. The number of halogens is 2. The van der Waals surface area contributed by atoms with Crippen molar-refractivity contribution >= 4 is 17.3 Å². The summed E-state index contributed by atoms with van der Waals surface area (Å²) >= 11 is 0. The van der Waals surface area contributed by atoms with Crippen molar-refractivity contribution in [2.75, 3.05) is 10.6 Å². The Morgan fingerprint density at radius 2 is 1.71 bits per heavy atom. The molecule has 2 aromatic rings. The molecule has 2 N–H and O–H groups in total. The maximum atomic E-state index is 12.4. The molecule has 0 aliphatic heterocycles. The van der Waals surface area contributed by atoms with Crippen LogP contribution in [0.1, 0.15) is 18.1 Å². The summed E-state index contributed by atoms with van der Waals surface area (Å²) in [5.41, 5.74) is 3.20. The lowest BCUT2D eigenvalue weighted by molar-refractivity contribution is -0.116. The molecule has 0 bridgehead atoms. The lowest BCUT2D eigenvalue weighted by Gasteiger charge is -2.17. The smallest absolute Gasteiger partial charge is 0.387 e. The van der Waals surface area contributed by atoms with Crippen molar-refractivity contribution in [1.29, 1.82) is 0 Å². The molecule has 4 nitrogen and oxygen atoms in total. The third-order valence-electron chi connectivity index (χ3n) is 3.36. The highest BCUT2D eigenvalue weighted by molar-refractivity contribution is 5.97. The van der Waals surface area contributed by atoms with Crippen LogP contribution >= 0.6 is 0 Å². The average Bonchev–Trinajstić information content (AvgIpc) is 2.47. The molecule has 0 radical (unpaired) electrons. The van der Waals surface area contributed by atoms with E-state index in [2.05, 4.69) is 15.4 Å². The summed E-state index contributed by atoms with van der Waals surface area (Å²) in [6.07, 6.45) is 0. The molecule has 0 aliphatic rings. The lowest BCUT2D eigenvalue weighted by atomic mass is 10.1. The zero-order valence-corrected chi connectivity index (χ0v) is 13.8. The van der Waals surface area contributed by atoms with Crippen LogP contribution in [0.4, 0.5) is 20.2 Å². The molecule has 0 unspecified atom stereocenters. The summed E-state index contributed by atoms with van der Waals surface area (Å²) in [7, 11) is 0. The van der Waals surface area contributed by atoms with Gasteiger partial charge in [-0.3, -0.25) is 4.79 Å². The second-order valence-corrected chi connectivity index (χ2v) is 5.61. The fourth-order valence-corrected chi connectivity index (χ4v) is 2.38. The SMILES string of the molecule is Cc1cc(C)cc(N[C@H](C)C(=O)Nc2ccccc2OC(F)F)c1. The fourth-order valence-electron chi connectivity index (χ4n) is 2.38. The van der Waals surface area contributed by atoms with Crippen molar-refractivity contribution in [3.63, 3.8) is 0 Å². The van der Waals surface area contributed by atoms with Crippen LogP contribution in [-0.4, -0.2) is 18.6 Å². The van der Waals surface area contributed by atoms with Crippen molar-refractivity contribution in [3.05, 3.63) is 53.6 Å². The highest BCUT2D eigenvalue weighted by Gasteiger charge is 2.16. The van der Waals surface area contributed by atoms with Gasteiger partial charge < -0.3 is 15.4 Å². The second kappa shape index (κ2) is 7.77. The van der Waals surface area contributed by atoms with Crippen molar-refractivity contribution < 1.29 is 18.3 Å². The number of benzene rings is 2. The molecule has 1 atom stereocenters. The van der Waals surface area contributed by atoms with Gasteiger partial charge in [0.15, 0.2) is 0 Å². The number of alkyl halides is 2. The molecule has 0 spiro atoms. The van der Waals surface area contributed by atoms with Crippen LogP contribution in [0.5, 0.6) is 5.75 Å². The first-order chi connectivity index (χ1) is 11.3. The summed E-state index contributed by atoms with van der Waals surface area (Å²) in [5.74, 6) is -0.418. The lowest BCUT2D eigenvalue weighted by Crippen LogP contribution is -2.32. The number of hydrogen-bond donors (Lipinski definition) is 2. The Bertz CT molecular complexity index is 700. The highest BCUT2D eigenvalue weighted by atomic mass is 19.3. The Morgan fingerprint density at radius 3 is 2.33 bits per heavy atom. The Hall–Kier alpha value is -2.63. The van der Waals surface area contributed by atoms with Crippen molar-refractivity contribution in [1.82, 2.24) is 0 Å². The summed E-state index contributed by atoms with van der Waals surface area (Å²) in [4.78, 5) is 12.3. The molecule has 1 amide bonds. The Balaban J connectivity index is 2.06. The van der Waals surface area contributed by atoms with Crippen LogP contribution in [0.3, 0.4) is 0 Å². The van der Waals surface area contributed by atoms with E-state index >= 15 is 0 Å². The van der Waals surface area contributed by atoms with Gasteiger partial charge in [0, 0.05) is 5.69 Å². The van der Waals surface area contributed by atoms with Gasteiger partial charge in [-0.25, -0.2) is 0 Å². The highest BCUT2D eigenvalue weighted by Crippen LogP contribution is 2.25. The van der Waals surface area contributed by atoms with E-state index in [4.69, 9.17) is 0 Å². The Kier molecular flexibility index (Phi) is 5.73. The van der Waals surface area contributed by atoms with Gasteiger partial charge in [-0.2, -0.15) is 8.78 Å². The monoisotopic (exact) mass is 334 g/mol. The van der Waals surface area contributed by atoms with E-state index in [1.165, 1.54) is 12.1 Å². The zero-order valence-electron chi connectivity index (χ0n) is 13.8. The largest absolute Gasteiger partial charge is 0.433 e. The number of aryl methyl sites for hydroxylation is 2. The Morgan fingerprint density at radius 1 is 1.08 bits per heavy atom. The van der Waals surface area contributed by atoms with Crippen LogP contribution in [0, 0.1) is 13.8 Å². The molecule has 2 rings (SSSR count). The summed E-state index contributed by atoms with van der Waals surface area (Å²) < 4.78 is 29.2. The van der Waals surface area contributed by atoms with E-state index in [0.717, 1.165) is 16.8 Å². The maximum absolute atomic E-state index is 12.4. The first-order valence-corrected chi connectivity index (χ1v) is 7.54. The maximum Gasteiger partial charge on any atom is 0.387 e. The quantitative estimate of drug-likeness (QED) is 0.826. The van der Waals surface area contributed by atoms with Gasteiger partial charge in [0.05, 0.1) is 5.69 Å². The van der Waals surface area contributed by atoms with E-state index in [9.17, 15) is 13.6 Å². The Labute approximate surface area is 139 Å². The second-order valence-electron chi connectivity index (χ2n) is 5.61. The number of carbonyl (C=O) groups excluding carboxylic acids is 1. The van der Waals surface area contributed by atoms with E-state index < -0.39 is 12.7 Å². The third kappa shape index (κ3) is 4.94. The number of anilines is 2. The van der Waals surface area contributed by atoms with E-state index in [1.54, 1.807) is 19.1 Å². The van der Waals surface area contributed by atoms with Gasteiger partial charge in [-0.05, 0) is 56.2 Å². The predicted octanol–water partition coefficient (Wildman–Crippen LogP) is 4.34. The summed E-state index contributed by atoms with van der Waals surface area (Å²) in [6.45, 7) is 2.69. The number of rotatable bonds is 6. The molecule has 0 heterocycles. The van der Waals surface area contributed by atoms with E-state index in [0.29, 0.717) is 0 Å². The molecular formula is C18H20F2N2O2. The zero-order chi connectivity index (χ0) is 17.7. The average molecular weight is 334 g/mol. The molecule has 0 saturated carbocycles. The molecule has 0 aromatic heterocycles. The van der Waals surface area contributed by atoms with Crippen molar-refractivity contribution in [2.24, 2.45) is 0 Å². The molecule has 2 aromatic carbocycles. The first-order valence-electron chi connectivity index (χ1n) is 7.54. The number of ether oxygens (including phenoxy) is 1. The third-order valence-corrected chi connectivity index (χ3v) is 3.36. The number of nitrogens with one attached hydrogen (secondary N) is 2. The minimum Gasteiger partial charge on any atom is -0.433 e. The molecule has 24 heavy (non-hydrogen) atoms. The molecular weight excluding hydrogens is 314 g/mol. The van der Waals surface area contributed by atoms with E-state index in [1.807, 2.05) is 32.0 Å². The molecule has 128 valence electrons. The van der Waals surface area contributed by atoms with Gasteiger partial charge in [0.2, 0.25) is 5.91 Å². The van der Waals surface area contributed by atoms with Crippen LogP contribution in [0.15, 0.2) is 42.5 Å². The normalized spacial score (nSPS) is 11.9. The van der Waals surface area contributed by atoms with Gasteiger partial charge in [0.1, 0.15) is 11.8 Å². The fraction of sp³-hybridized carbons (Fsp3) is 0.278. The van der Waals surface area contributed by atoms with Crippen LogP contribution < -0.4 is 15.4 Å². The van der Waals surface area contributed by atoms with Crippen LogP contribution in [0.2, 0.25) is 0 Å². The number of amides is 1. The van der Waals surface area contributed by atoms with Crippen molar-refractivity contribution in [2.45, 2.75) is 33.4 Å². The van der Waals surface area contributed by atoms with E-state index in [-0.39, 0.29) is 17.3 Å². The van der Waals surface area contributed by atoms with Gasteiger partial charge in [0.25, 0.3) is 0 Å². The summed E-state index contributed by atoms with van der Waals surface area (Å²) in [5, 5.41) is 5.71. The van der Waals surface area contributed by atoms with Crippen LogP contribution in [0.25, 0.3) is 0 Å². The first kappa shape index (κ1) is 17.7. The minimum atomic E-state index is -2.95. The minimum absolute atomic E-state index is 0.0700. The molecule has 0 aliphatic carbocycles. The molecule has 0 saturated heterocycles. The topological polar surface area (TPSA) is 50.4 Å². The number of para-hydroxylation sites is 2. The predicted molar refractivity (Wildman–Crippen MR) is 90.7 cm³/mol. The van der Waals surface area contributed by atoms with Crippen molar-refractivity contribution in [3.8, 4) is 5.75 Å². The molecule has 6 heteroatoms. The van der Waals surface area contributed by atoms with Gasteiger partial charge in [-0.1, -0.05) is 18.2 Å². The molecule has 0 fully saturated rings. The van der Waals surface area contributed by atoms with Gasteiger partial charge >= 0.3 is 6.61 Å². The number of carbonyl (C=O) groups is 1. The standard InChI is InChI=1S/C18H20F2N2O2/c1-11-8-12(2)10-14(9-11)21-13(3)17(23)22-15-6-4-5-7-16(15)24-18(19)20/h4-10,13,18,21H,1-3H3,(H,22,23)/t13-/m1/s1. The van der Waals surface area contributed by atoms with Gasteiger partial charge in [-0.15, -0.1) is 0 Å². The summed E-state index contributed by atoms with van der Waals surface area (Å²) in [6, 6.07) is 11.4. The van der Waals surface area contributed by atoms with Crippen LogP contribution in [-0.2, 0) is 4.79 Å².